The molecule has 0 fully saturated rings. The zero-order valence-electron chi connectivity index (χ0n) is 19.0. The highest BCUT2D eigenvalue weighted by Gasteiger charge is 2.17. The Kier molecular flexibility index (Phi) is 10.3. The van der Waals surface area contributed by atoms with Crippen molar-refractivity contribution in [1.82, 2.24) is 15.2 Å². The molecule has 0 radical (unpaired) electrons. The van der Waals surface area contributed by atoms with Crippen LogP contribution in [0.5, 0.6) is 0 Å². The van der Waals surface area contributed by atoms with Crippen molar-refractivity contribution in [1.29, 1.82) is 0 Å². The third kappa shape index (κ3) is 9.19. The van der Waals surface area contributed by atoms with Crippen molar-refractivity contribution in [2.75, 3.05) is 24.6 Å². The number of amides is 1. The molecule has 0 spiro atoms. The van der Waals surface area contributed by atoms with Crippen molar-refractivity contribution in [3.63, 3.8) is 0 Å². The van der Waals surface area contributed by atoms with Crippen LogP contribution < -0.4 is 20.9 Å². The second-order valence-corrected chi connectivity index (χ2v) is 9.67. The Morgan fingerprint density at radius 1 is 1.12 bits per heavy atom. The molecule has 0 aliphatic carbocycles. The highest BCUT2D eigenvalue weighted by atomic mass is 32.2. The molecule has 0 aliphatic rings. The summed E-state index contributed by atoms with van der Waals surface area (Å²) < 4.78 is 27.2. The van der Waals surface area contributed by atoms with E-state index in [1.54, 1.807) is 13.1 Å². The van der Waals surface area contributed by atoms with Gasteiger partial charge in [0.25, 0.3) is 5.56 Å². The van der Waals surface area contributed by atoms with Gasteiger partial charge in [0.2, 0.25) is 15.9 Å². The minimum absolute atomic E-state index is 0.0539. The number of hydrogen-bond acceptors (Lipinski definition) is 6. The third-order valence-corrected chi connectivity index (χ3v) is 5.63. The molecule has 0 bridgehead atoms. The summed E-state index contributed by atoms with van der Waals surface area (Å²) in [5.41, 5.74) is 1.06. The van der Waals surface area contributed by atoms with E-state index in [0.29, 0.717) is 37.7 Å². The van der Waals surface area contributed by atoms with Crippen LogP contribution in [0.3, 0.4) is 0 Å². The molecule has 33 heavy (non-hydrogen) atoms. The Morgan fingerprint density at radius 3 is 2.48 bits per heavy atom. The molecule has 1 aromatic carbocycles. The summed E-state index contributed by atoms with van der Waals surface area (Å²) in [6, 6.07) is 10.9. The molecule has 180 valence electrons. The van der Waals surface area contributed by atoms with E-state index in [1.807, 2.05) is 30.3 Å². The number of nitrogens with zero attached hydrogens (tertiary/aromatic N) is 1. The van der Waals surface area contributed by atoms with E-state index >= 15 is 0 Å². The summed E-state index contributed by atoms with van der Waals surface area (Å²) >= 11 is 0. The number of carbonyl (C=O) groups excluding carboxylic acids is 2. The molecule has 0 saturated carbocycles. The van der Waals surface area contributed by atoms with Crippen molar-refractivity contribution in [3.05, 3.63) is 64.1 Å². The summed E-state index contributed by atoms with van der Waals surface area (Å²) in [5, 5.41) is 5.57. The first-order valence-electron chi connectivity index (χ1n) is 10.9. The second kappa shape index (κ2) is 12.9. The number of carbonyl (C=O) groups is 2. The van der Waals surface area contributed by atoms with Crippen LogP contribution in [0.4, 0.5) is 5.69 Å². The van der Waals surface area contributed by atoms with Crippen LogP contribution in [-0.4, -0.2) is 51.1 Å². The van der Waals surface area contributed by atoms with Gasteiger partial charge in [0, 0.05) is 6.20 Å². The topological polar surface area (TPSA) is 126 Å². The fourth-order valence-corrected chi connectivity index (χ4v) is 4.04. The molecule has 10 heteroatoms. The van der Waals surface area contributed by atoms with Gasteiger partial charge in [-0.05, 0) is 62.9 Å². The smallest absolute Gasteiger partial charge is 0.275 e. The van der Waals surface area contributed by atoms with Crippen LogP contribution >= 0.6 is 0 Å². The van der Waals surface area contributed by atoms with Gasteiger partial charge in [-0.3, -0.25) is 14.3 Å². The minimum Gasteiger partial charge on any atom is -0.345 e. The number of rotatable bonds is 14. The lowest BCUT2D eigenvalue weighted by atomic mass is 10.0. The molecule has 0 unspecified atom stereocenters. The van der Waals surface area contributed by atoms with Gasteiger partial charge in [-0.25, -0.2) is 8.42 Å². The van der Waals surface area contributed by atoms with Gasteiger partial charge in [-0.1, -0.05) is 30.3 Å². The average molecular weight is 477 g/mol. The van der Waals surface area contributed by atoms with E-state index in [0.717, 1.165) is 29.2 Å². The van der Waals surface area contributed by atoms with Crippen LogP contribution in [0.1, 0.15) is 30.4 Å². The van der Waals surface area contributed by atoms with Gasteiger partial charge in [0.15, 0.2) is 0 Å². The number of benzene rings is 1. The lowest BCUT2D eigenvalue weighted by molar-refractivity contribution is -0.124. The Labute approximate surface area is 194 Å². The molecule has 1 amide bonds. The Balaban J connectivity index is 2.14. The maximum Gasteiger partial charge on any atom is 0.275 e. The zero-order chi connectivity index (χ0) is 24.3. The van der Waals surface area contributed by atoms with Crippen LogP contribution in [-0.2, 0) is 39.0 Å². The van der Waals surface area contributed by atoms with Gasteiger partial charge in [0.1, 0.15) is 18.5 Å². The number of aldehydes is 1. The maximum atomic E-state index is 13.0. The minimum atomic E-state index is -3.70. The standard InChI is InChI=1S/C23H32N4O5S/c1-24-14-7-12-20(17-28)25-21(29)16-27-15-13-19(22(23(27)30)26-33(2,31)32)11-6-10-18-8-4-3-5-9-18/h3-5,8-9,13,15,17,20,24,26H,6-7,10-12,14,16H2,1-2H3,(H,25,29)/t20-/m0/s1. The van der Waals surface area contributed by atoms with Crippen molar-refractivity contribution in [3.8, 4) is 0 Å². The SMILES string of the molecule is CNCCC[C@@H](C=O)NC(=O)Cn1ccc(CCCc2ccccc2)c(NS(C)(=O)=O)c1=O. The van der Waals surface area contributed by atoms with Gasteiger partial charge >= 0.3 is 0 Å². The molecule has 2 rings (SSSR count). The summed E-state index contributed by atoms with van der Waals surface area (Å²) in [6.07, 6.45) is 6.31. The highest BCUT2D eigenvalue weighted by Crippen LogP contribution is 2.15. The van der Waals surface area contributed by atoms with Gasteiger partial charge in [0.05, 0.1) is 12.3 Å². The molecule has 3 N–H and O–H groups in total. The van der Waals surface area contributed by atoms with Gasteiger partial charge in [-0.15, -0.1) is 0 Å². The largest absolute Gasteiger partial charge is 0.345 e. The van der Waals surface area contributed by atoms with E-state index in [9.17, 15) is 22.8 Å². The van der Waals surface area contributed by atoms with E-state index in [-0.39, 0.29) is 12.2 Å². The van der Waals surface area contributed by atoms with E-state index < -0.39 is 27.5 Å². The third-order valence-electron chi connectivity index (χ3n) is 5.06. The number of nitrogens with one attached hydrogen (secondary N) is 3. The zero-order valence-corrected chi connectivity index (χ0v) is 19.9. The predicted octanol–water partition coefficient (Wildman–Crippen LogP) is 1.08. The summed E-state index contributed by atoms with van der Waals surface area (Å²) in [7, 11) is -1.90. The Hall–Kier alpha value is -2.98. The van der Waals surface area contributed by atoms with Crippen molar-refractivity contribution in [2.45, 2.75) is 44.7 Å². The van der Waals surface area contributed by atoms with Crippen molar-refractivity contribution in [2.24, 2.45) is 0 Å². The Bertz CT molecular complexity index is 1080. The van der Waals surface area contributed by atoms with Crippen LogP contribution in [0, 0.1) is 0 Å². The predicted molar refractivity (Wildman–Crippen MR) is 129 cm³/mol. The molecule has 1 heterocycles. The number of pyridine rings is 1. The summed E-state index contributed by atoms with van der Waals surface area (Å²) in [5.74, 6) is -0.499. The van der Waals surface area contributed by atoms with Crippen LogP contribution in [0.2, 0.25) is 0 Å². The van der Waals surface area contributed by atoms with Crippen molar-refractivity contribution >= 4 is 27.9 Å². The number of sulfonamides is 1. The highest BCUT2D eigenvalue weighted by molar-refractivity contribution is 7.92. The van der Waals surface area contributed by atoms with Crippen LogP contribution in [0.25, 0.3) is 0 Å². The summed E-state index contributed by atoms with van der Waals surface area (Å²) in [6.45, 7) is 0.393. The van der Waals surface area contributed by atoms with Crippen LogP contribution in [0.15, 0.2) is 47.4 Å². The van der Waals surface area contributed by atoms with E-state index in [4.69, 9.17) is 0 Å². The molecule has 9 nitrogen and oxygen atoms in total. The van der Waals surface area contributed by atoms with Gasteiger partial charge < -0.3 is 20.0 Å². The lowest BCUT2D eigenvalue weighted by Gasteiger charge is -2.16. The fourth-order valence-electron chi connectivity index (χ4n) is 3.45. The lowest BCUT2D eigenvalue weighted by Crippen LogP contribution is -2.40. The van der Waals surface area contributed by atoms with Crippen molar-refractivity contribution < 1.29 is 18.0 Å². The monoisotopic (exact) mass is 476 g/mol. The first-order valence-corrected chi connectivity index (χ1v) is 12.8. The first kappa shape index (κ1) is 26.3. The Morgan fingerprint density at radius 2 is 1.85 bits per heavy atom. The first-order chi connectivity index (χ1) is 15.7. The number of aryl methyl sites for hydroxylation is 2. The van der Waals surface area contributed by atoms with E-state index in [1.165, 1.54) is 6.20 Å². The molecule has 2 aromatic rings. The molecule has 1 aromatic heterocycles. The van der Waals surface area contributed by atoms with Gasteiger partial charge in [-0.2, -0.15) is 0 Å². The molecule has 0 aliphatic heterocycles. The second-order valence-electron chi connectivity index (χ2n) is 7.92. The summed E-state index contributed by atoms with van der Waals surface area (Å²) in [4.78, 5) is 36.6. The molecular weight excluding hydrogens is 444 g/mol. The maximum absolute atomic E-state index is 13.0. The molecular formula is C23H32N4O5S. The number of aromatic nitrogens is 1. The number of anilines is 1. The fraction of sp³-hybridized carbons (Fsp3) is 0.435. The molecule has 1 atom stereocenters. The molecule has 0 saturated heterocycles. The normalized spacial score (nSPS) is 12.2. The average Bonchev–Trinajstić information content (AvgIpc) is 2.77. The number of hydrogen-bond donors (Lipinski definition) is 3. The van der Waals surface area contributed by atoms with E-state index in [2.05, 4.69) is 15.4 Å². The quantitative estimate of drug-likeness (QED) is 0.277.